The average molecular weight is 443 g/mol. The Hall–Kier alpha value is -2.56. The van der Waals surface area contributed by atoms with Gasteiger partial charge in [-0.3, -0.25) is 14.4 Å². The Kier molecular flexibility index (Phi) is 8.27. The molecule has 2 N–H and O–H groups in total. The zero-order chi connectivity index (χ0) is 22.3. The molecule has 0 unspecified atom stereocenters. The monoisotopic (exact) mass is 442 g/mol. The molecule has 0 spiro atoms. The maximum absolute atomic E-state index is 11.7. The molecule has 0 radical (unpaired) electrons. The molecule has 30 heavy (non-hydrogen) atoms. The first-order valence-electron chi connectivity index (χ1n) is 10.0. The van der Waals surface area contributed by atoms with Crippen LogP contribution in [0.3, 0.4) is 0 Å². The molecular formula is C19H30N4O6S. The van der Waals surface area contributed by atoms with Crippen molar-refractivity contribution in [1.29, 1.82) is 0 Å². The number of anilines is 2. The maximum atomic E-state index is 11.7. The molecule has 1 aliphatic carbocycles. The standard InChI is InChI=1S/C19H30N4O6S/c1-19(2,3)29-18(24)20-11-12-22(30(27)28)15-9-10-16(17(13-15)23(25)26)21-14-7-5-4-6-8-14/h9-10,13-14,21,30H,4-8,11-12H2,1-3H3,(H,20,24). The van der Waals surface area contributed by atoms with Crippen LogP contribution in [0.25, 0.3) is 0 Å². The number of hydrogen-bond donors (Lipinski definition) is 3. The van der Waals surface area contributed by atoms with Crippen LogP contribution in [0.1, 0.15) is 52.9 Å². The van der Waals surface area contributed by atoms with Crippen molar-refractivity contribution in [3.63, 3.8) is 0 Å². The number of nitro groups is 1. The molecule has 0 bridgehead atoms. The minimum absolute atomic E-state index is 0.00585. The summed E-state index contributed by atoms with van der Waals surface area (Å²) in [6, 6.07) is 4.48. The third-order valence-corrected chi connectivity index (χ3v) is 5.45. The molecule has 10 nitrogen and oxygen atoms in total. The third kappa shape index (κ3) is 7.36. The van der Waals surface area contributed by atoms with E-state index in [1.807, 2.05) is 0 Å². The van der Waals surface area contributed by atoms with Crippen LogP contribution in [-0.2, 0) is 15.6 Å². The van der Waals surface area contributed by atoms with Crippen molar-refractivity contribution in [1.82, 2.24) is 5.32 Å². The fraction of sp³-hybridized carbons (Fsp3) is 0.632. The molecule has 1 saturated carbocycles. The van der Waals surface area contributed by atoms with E-state index in [0.717, 1.165) is 30.0 Å². The minimum Gasteiger partial charge on any atom is -0.444 e. The van der Waals surface area contributed by atoms with Gasteiger partial charge in [0.25, 0.3) is 5.69 Å². The fourth-order valence-electron chi connectivity index (χ4n) is 3.30. The first-order chi connectivity index (χ1) is 14.1. The largest absolute Gasteiger partial charge is 0.444 e. The van der Waals surface area contributed by atoms with Crippen molar-refractivity contribution in [2.24, 2.45) is 0 Å². The van der Waals surface area contributed by atoms with Crippen molar-refractivity contribution in [3.05, 3.63) is 28.3 Å². The van der Waals surface area contributed by atoms with Crippen molar-refractivity contribution < 1.29 is 22.9 Å². The van der Waals surface area contributed by atoms with Gasteiger partial charge in [-0.2, -0.15) is 0 Å². The second-order valence-corrected chi connectivity index (χ2v) is 9.19. The van der Waals surface area contributed by atoms with Gasteiger partial charge >= 0.3 is 6.09 Å². The zero-order valence-corrected chi connectivity index (χ0v) is 18.4. The summed E-state index contributed by atoms with van der Waals surface area (Å²) in [7, 11) is -3.06. The number of benzene rings is 1. The molecule has 2 rings (SSSR count). The van der Waals surface area contributed by atoms with Crippen LogP contribution in [0.2, 0.25) is 0 Å². The lowest BCUT2D eigenvalue weighted by Gasteiger charge is -2.24. The number of nitrogens with one attached hydrogen (secondary N) is 2. The van der Waals surface area contributed by atoms with Crippen LogP contribution >= 0.6 is 0 Å². The number of nitrogens with zero attached hydrogens (tertiary/aromatic N) is 2. The van der Waals surface area contributed by atoms with E-state index in [2.05, 4.69) is 10.6 Å². The Morgan fingerprint density at radius 1 is 1.27 bits per heavy atom. The molecule has 1 aromatic rings. The summed E-state index contributed by atoms with van der Waals surface area (Å²) in [5, 5.41) is 17.3. The number of hydrogen-bond acceptors (Lipinski definition) is 7. The number of carbonyl (C=O) groups excluding carboxylic acids is 1. The SMILES string of the molecule is CC(C)(C)OC(=O)NCCN(c1ccc(NC2CCCCC2)c([N+](=O)[O-])c1)[SH](=O)=O. The lowest BCUT2D eigenvalue weighted by atomic mass is 9.95. The molecule has 0 aliphatic heterocycles. The number of ether oxygens (including phenoxy) is 1. The van der Waals surface area contributed by atoms with Gasteiger partial charge in [-0.25, -0.2) is 13.2 Å². The summed E-state index contributed by atoms with van der Waals surface area (Å²) < 4.78 is 29.5. The number of alkyl carbamates (subject to hydrolysis) is 1. The number of nitro benzene ring substituents is 1. The van der Waals surface area contributed by atoms with E-state index in [9.17, 15) is 23.3 Å². The topological polar surface area (TPSA) is 131 Å². The van der Waals surface area contributed by atoms with Gasteiger partial charge in [-0.15, -0.1) is 0 Å². The van der Waals surface area contributed by atoms with Gasteiger partial charge in [0, 0.05) is 18.7 Å². The van der Waals surface area contributed by atoms with Crippen LogP contribution in [0.5, 0.6) is 0 Å². The van der Waals surface area contributed by atoms with Crippen LogP contribution < -0.4 is 14.9 Å². The van der Waals surface area contributed by atoms with Gasteiger partial charge < -0.3 is 15.4 Å². The van der Waals surface area contributed by atoms with Crippen LogP contribution in [0.15, 0.2) is 18.2 Å². The number of amides is 1. The molecule has 1 fully saturated rings. The summed E-state index contributed by atoms with van der Waals surface area (Å²) >= 11 is 0. The first-order valence-corrected chi connectivity index (χ1v) is 11.1. The zero-order valence-electron chi connectivity index (χ0n) is 17.6. The predicted octanol–water partition coefficient (Wildman–Crippen LogP) is 3.20. The summed E-state index contributed by atoms with van der Waals surface area (Å²) in [6.45, 7) is 5.07. The highest BCUT2D eigenvalue weighted by molar-refractivity contribution is 7.74. The van der Waals surface area contributed by atoms with E-state index >= 15 is 0 Å². The average Bonchev–Trinajstić information content (AvgIpc) is 2.65. The van der Waals surface area contributed by atoms with Gasteiger partial charge in [0.15, 0.2) is 0 Å². The van der Waals surface area contributed by atoms with E-state index in [0.29, 0.717) is 5.69 Å². The Bertz CT molecular complexity index is 823. The van der Waals surface area contributed by atoms with Crippen molar-refractivity contribution in [2.75, 3.05) is 22.7 Å². The smallest absolute Gasteiger partial charge is 0.407 e. The van der Waals surface area contributed by atoms with Crippen molar-refractivity contribution >= 4 is 34.0 Å². The molecule has 0 atom stereocenters. The Balaban J connectivity index is 2.10. The molecule has 1 aliphatic rings. The second kappa shape index (κ2) is 10.5. The Labute approximate surface area is 178 Å². The Morgan fingerprint density at radius 2 is 1.93 bits per heavy atom. The molecule has 168 valence electrons. The number of thiol groups is 1. The number of rotatable bonds is 8. The second-order valence-electron chi connectivity index (χ2n) is 8.23. The van der Waals surface area contributed by atoms with Gasteiger partial charge in [0.05, 0.1) is 17.2 Å². The molecular weight excluding hydrogens is 412 g/mol. The van der Waals surface area contributed by atoms with E-state index in [1.54, 1.807) is 20.8 Å². The van der Waals surface area contributed by atoms with Gasteiger partial charge in [-0.05, 0) is 45.7 Å². The molecule has 1 aromatic carbocycles. The van der Waals surface area contributed by atoms with Gasteiger partial charge in [0.1, 0.15) is 11.3 Å². The third-order valence-electron chi connectivity index (χ3n) is 4.63. The lowest BCUT2D eigenvalue weighted by molar-refractivity contribution is -0.383. The van der Waals surface area contributed by atoms with Crippen LogP contribution in [-0.4, -0.2) is 44.2 Å². The normalized spacial score (nSPS) is 14.9. The minimum atomic E-state index is -3.06. The fourth-order valence-corrected chi connectivity index (χ4v) is 3.88. The highest BCUT2D eigenvalue weighted by atomic mass is 32.2. The van der Waals surface area contributed by atoms with E-state index in [4.69, 9.17) is 4.74 Å². The molecule has 1 amide bonds. The van der Waals surface area contributed by atoms with Crippen molar-refractivity contribution in [2.45, 2.75) is 64.5 Å². The first kappa shape index (κ1) is 23.7. The molecule has 0 aromatic heterocycles. The molecule has 11 heteroatoms. The lowest BCUT2D eigenvalue weighted by Crippen LogP contribution is -2.37. The molecule has 0 heterocycles. The summed E-state index contributed by atoms with van der Waals surface area (Å²) in [6.07, 6.45) is 4.57. The summed E-state index contributed by atoms with van der Waals surface area (Å²) in [5.74, 6) is 0. The summed E-state index contributed by atoms with van der Waals surface area (Å²) in [5.41, 5.74) is -0.309. The van der Waals surface area contributed by atoms with Gasteiger partial charge in [-0.1, -0.05) is 19.3 Å². The quantitative estimate of drug-likeness (QED) is 0.320. The van der Waals surface area contributed by atoms with Gasteiger partial charge in [0.2, 0.25) is 10.9 Å². The van der Waals surface area contributed by atoms with Crippen LogP contribution in [0.4, 0.5) is 21.9 Å². The Morgan fingerprint density at radius 3 is 2.50 bits per heavy atom. The van der Waals surface area contributed by atoms with Crippen LogP contribution in [0, 0.1) is 10.1 Å². The predicted molar refractivity (Wildman–Crippen MR) is 115 cm³/mol. The van der Waals surface area contributed by atoms with Crippen molar-refractivity contribution in [3.8, 4) is 0 Å². The highest BCUT2D eigenvalue weighted by Crippen LogP contribution is 2.32. The number of carbonyl (C=O) groups is 1. The molecule has 0 saturated heterocycles. The maximum Gasteiger partial charge on any atom is 0.407 e. The van der Waals surface area contributed by atoms with E-state index in [-0.39, 0.29) is 30.5 Å². The van der Waals surface area contributed by atoms with E-state index < -0.39 is 27.5 Å². The van der Waals surface area contributed by atoms with E-state index in [1.165, 1.54) is 24.6 Å². The summed E-state index contributed by atoms with van der Waals surface area (Å²) in [4.78, 5) is 22.8. The highest BCUT2D eigenvalue weighted by Gasteiger charge is 2.22.